The number of rotatable bonds is 4. The molecular weight excluding hydrogens is 340 g/mol. The summed E-state index contributed by atoms with van der Waals surface area (Å²) in [6.45, 7) is 0. The lowest BCUT2D eigenvalue weighted by Gasteiger charge is -2.36. The van der Waals surface area contributed by atoms with Gasteiger partial charge in [0.25, 0.3) is 5.91 Å². The van der Waals surface area contributed by atoms with Crippen LogP contribution in [-0.2, 0) is 4.79 Å². The van der Waals surface area contributed by atoms with Gasteiger partial charge in [0.15, 0.2) is 0 Å². The quantitative estimate of drug-likeness (QED) is 0.792. The summed E-state index contributed by atoms with van der Waals surface area (Å²) in [7, 11) is 0. The number of hydrogen-bond donors (Lipinski definition) is 2. The van der Waals surface area contributed by atoms with Crippen molar-refractivity contribution < 1.29 is 9.90 Å². The summed E-state index contributed by atoms with van der Waals surface area (Å²) >= 11 is 3.28. The highest BCUT2D eigenvalue weighted by molar-refractivity contribution is 8.22. The van der Waals surface area contributed by atoms with Gasteiger partial charge in [-0.05, 0) is 31.6 Å². The monoisotopic (exact) mass is 366 g/mol. The van der Waals surface area contributed by atoms with Gasteiger partial charge in [0.1, 0.15) is 11.6 Å². The van der Waals surface area contributed by atoms with Crippen LogP contribution in [0.25, 0.3) is 0 Å². The maximum atomic E-state index is 12.3. The van der Waals surface area contributed by atoms with Gasteiger partial charge in [0.2, 0.25) is 0 Å². The van der Waals surface area contributed by atoms with Crippen LogP contribution in [0.3, 0.4) is 0 Å². The summed E-state index contributed by atoms with van der Waals surface area (Å²) in [6, 6.07) is 2.09. The topological polar surface area (TPSA) is 73.1 Å². The number of carbonyl (C=O) groups excluding carboxylic acids is 1. The third-order valence-electron chi connectivity index (χ3n) is 5.40. The minimum Gasteiger partial charge on any atom is -0.393 e. The van der Waals surface area contributed by atoms with E-state index >= 15 is 0 Å². The Morgan fingerprint density at radius 2 is 1.88 bits per heavy atom. The first kappa shape index (κ1) is 18.2. The molecule has 24 heavy (non-hydrogen) atoms. The lowest BCUT2D eigenvalue weighted by molar-refractivity contribution is -0.118. The van der Waals surface area contributed by atoms with Crippen LogP contribution in [0.15, 0.2) is 9.81 Å². The molecule has 2 N–H and O–H groups in total. The van der Waals surface area contributed by atoms with E-state index < -0.39 is 0 Å². The zero-order chi connectivity index (χ0) is 16.9. The molecule has 0 radical (unpaired) electrons. The van der Waals surface area contributed by atoms with Crippen molar-refractivity contribution in [3.63, 3.8) is 0 Å². The molecule has 1 aliphatic heterocycles. The van der Waals surface area contributed by atoms with E-state index in [1.807, 2.05) is 0 Å². The Balaban J connectivity index is 1.67. The van der Waals surface area contributed by atoms with Crippen LogP contribution in [0.1, 0.15) is 57.8 Å². The molecule has 3 aliphatic rings. The van der Waals surface area contributed by atoms with Gasteiger partial charge in [-0.1, -0.05) is 43.9 Å². The van der Waals surface area contributed by atoms with Crippen molar-refractivity contribution in [1.29, 1.82) is 5.26 Å². The molecule has 0 aromatic rings. The summed E-state index contributed by atoms with van der Waals surface area (Å²) < 4.78 is 0.870. The van der Waals surface area contributed by atoms with E-state index in [4.69, 9.17) is 0 Å². The van der Waals surface area contributed by atoms with Crippen LogP contribution in [-0.4, -0.2) is 28.2 Å². The second-order valence-electron chi connectivity index (χ2n) is 7.12. The Hall–Kier alpha value is -0.640. The number of hydrogen-bond acceptors (Lipinski definition) is 5. The van der Waals surface area contributed by atoms with Crippen molar-refractivity contribution in [2.24, 2.45) is 11.8 Å². The normalized spacial score (nSPS) is 32.3. The van der Waals surface area contributed by atoms with E-state index in [1.54, 1.807) is 23.5 Å². The van der Waals surface area contributed by atoms with Crippen molar-refractivity contribution in [3.05, 3.63) is 9.81 Å². The number of thioether (sulfide) groups is 2. The first-order valence-electron chi connectivity index (χ1n) is 9.12. The van der Waals surface area contributed by atoms with E-state index in [0.717, 1.165) is 35.7 Å². The standard InChI is InChI=1S/C18H26N2O2S2/c19-10-14-16(22)20-17(13-8-4-5-9-15(13)21)24-18(14)23-11-12-6-2-1-3-7-12/h12-13,15,17,21H,1-9,11H2,(H,20,22). The molecule has 3 rings (SSSR count). The second kappa shape index (κ2) is 8.64. The van der Waals surface area contributed by atoms with Crippen molar-refractivity contribution in [3.8, 4) is 6.07 Å². The Morgan fingerprint density at radius 3 is 2.58 bits per heavy atom. The molecule has 2 aliphatic carbocycles. The molecule has 4 nitrogen and oxygen atoms in total. The maximum absolute atomic E-state index is 12.3. The van der Waals surface area contributed by atoms with Gasteiger partial charge in [0, 0.05) is 11.7 Å². The fourth-order valence-electron chi connectivity index (χ4n) is 3.94. The van der Waals surface area contributed by atoms with Gasteiger partial charge in [0.05, 0.1) is 15.7 Å². The summed E-state index contributed by atoms with van der Waals surface area (Å²) in [4.78, 5) is 12.3. The number of nitrogens with one attached hydrogen (secondary N) is 1. The number of aliphatic hydroxyl groups excluding tert-OH is 1. The number of aliphatic hydroxyl groups is 1. The second-order valence-corrected chi connectivity index (χ2v) is 9.56. The van der Waals surface area contributed by atoms with Crippen LogP contribution < -0.4 is 5.32 Å². The molecule has 1 heterocycles. The van der Waals surface area contributed by atoms with E-state index in [0.29, 0.717) is 5.92 Å². The average Bonchev–Trinajstić information content (AvgIpc) is 2.61. The van der Waals surface area contributed by atoms with Gasteiger partial charge in [-0.15, -0.1) is 11.8 Å². The molecule has 0 aromatic carbocycles. The Kier molecular flexibility index (Phi) is 6.54. The summed E-state index contributed by atoms with van der Waals surface area (Å²) in [5.74, 6) is 1.55. The maximum Gasteiger partial charge on any atom is 0.264 e. The number of nitrogens with zero attached hydrogens (tertiary/aromatic N) is 1. The fraction of sp³-hybridized carbons (Fsp3) is 0.778. The van der Waals surface area contributed by atoms with Crippen LogP contribution >= 0.6 is 23.5 Å². The molecule has 3 unspecified atom stereocenters. The highest BCUT2D eigenvalue weighted by Gasteiger charge is 2.37. The molecule has 132 valence electrons. The number of carbonyl (C=O) groups is 1. The lowest BCUT2D eigenvalue weighted by atomic mass is 9.86. The molecule has 0 saturated heterocycles. The van der Waals surface area contributed by atoms with E-state index in [9.17, 15) is 15.2 Å². The Morgan fingerprint density at radius 1 is 1.17 bits per heavy atom. The SMILES string of the molecule is N#CC1=C(SCC2CCCCC2)SC(C2CCCCC2O)NC1=O. The summed E-state index contributed by atoms with van der Waals surface area (Å²) in [6.07, 6.45) is 10.1. The van der Waals surface area contributed by atoms with Gasteiger partial charge in [-0.3, -0.25) is 4.79 Å². The fourth-order valence-corrected chi connectivity index (χ4v) is 6.87. The molecule has 0 spiro atoms. The highest BCUT2D eigenvalue weighted by atomic mass is 32.2. The first-order valence-corrected chi connectivity index (χ1v) is 11.0. The average molecular weight is 367 g/mol. The van der Waals surface area contributed by atoms with Gasteiger partial charge in [-0.25, -0.2) is 0 Å². The van der Waals surface area contributed by atoms with E-state index in [-0.39, 0.29) is 28.9 Å². The molecule has 2 fully saturated rings. The van der Waals surface area contributed by atoms with Crippen molar-refractivity contribution in [1.82, 2.24) is 5.32 Å². The van der Waals surface area contributed by atoms with E-state index in [1.165, 1.54) is 32.1 Å². The Labute approximate surface area is 152 Å². The van der Waals surface area contributed by atoms with Gasteiger partial charge >= 0.3 is 0 Å². The van der Waals surface area contributed by atoms with Crippen molar-refractivity contribution in [2.75, 3.05) is 5.75 Å². The summed E-state index contributed by atoms with van der Waals surface area (Å²) in [5, 5.41) is 22.5. The molecule has 0 aromatic heterocycles. The van der Waals surface area contributed by atoms with Crippen LogP contribution in [0, 0.1) is 23.2 Å². The molecule has 6 heteroatoms. The minimum absolute atomic E-state index is 0.0956. The Bertz CT molecular complexity index is 538. The zero-order valence-electron chi connectivity index (χ0n) is 14.0. The third-order valence-corrected chi connectivity index (χ3v) is 8.28. The van der Waals surface area contributed by atoms with Crippen LogP contribution in [0.4, 0.5) is 0 Å². The number of amides is 1. The summed E-state index contributed by atoms with van der Waals surface area (Å²) in [5.41, 5.74) is 0.266. The van der Waals surface area contributed by atoms with Crippen molar-refractivity contribution in [2.45, 2.75) is 69.3 Å². The lowest BCUT2D eigenvalue weighted by Crippen LogP contribution is -2.46. The molecule has 0 bridgehead atoms. The highest BCUT2D eigenvalue weighted by Crippen LogP contribution is 2.44. The zero-order valence-corrected chi connectivity index (χ0v) is 15.6. The van der Waals surface area contributed by atoms with Crippen LogP contribution in [0.5, 0.6) is 0 Å². The third kappa shape index (κ3) is 4.30. The largest absolute Gasteiger partial charge is 0.393 e. The van der Waals surface area contributed by atoms with Crippen LogP contribution in [0.2, 0.25) is 0 Å². The predicted octanol–water partition coefficient (Wildman–Crippen LogP) is 3.78. The van der Waals surface area contributed by atoms with Gasteiger partial charge < -0.3 is 10.4 Å². The van der Waals surface area contributed by atoms with E-state index in [2.05, 4.69) is 11.4 Å². The predicted molar refractivity (Wildman–Crippen MR) is 99.2 cm³/mol. The minimum atomic E-state index is -0.343. The molecule has 2 saturated carbocycles. The molecule has 3 atom stereocenters. The first-order chi connectivity index (χ1) is 11.7. The molecule has 1 amide bonds. The van der Waals surface area contributed by atoms with Crippen molar-refractivity contribution >= 4 is 29.4 Å². The van der Waals surface area contributed by atoms with Gasteiger partial charge in [-0.2, -0.15) is 5.26 Å². The molecular formula is C18H26N2O2S2. The smallest absolute Gasteiger partial charge is 0.264 e. The number of nitriles is 1.